The Morgan fingerprint density at radius 3 is 2.33 bits per heavy atom. The molecule has 0 aromatic carbocycles. The van der Waals surface area contributed by atoms with Crippen LogP contribution in [0, 0.1) is 5.92 Å². The molecule has 12 heavy (non-hydrogen) atoms. The number of ketones is 1. The summed E-state index contributed by atoms with van der Waals surface area (Å²) in [5, 5.41) is 0. The number of allylic oxidation sites excluding steroid dienone is 6. The van der Waals surface area contributed by atoms with Gasteiger partial charge in [-0.2, -0.15) is 0 Å². The summed E-state index contributed by atoms with van der Waals surface area (Å²) < 4.78 is 0. The Morgan fingerprint density at radius 1 is 1.25 bits per heavy atom. The molecule has 0 aromatic rings. The van der Waals surface area contributed by atoms with Gasteiger partial charge in [0.25, 0.3) is 0 Å². The molecule has 1 aliphatic rings. The Kier molecular flexibility index (Phi) is 3.03. The van der Waals surface area contributed by atoms with Gasteiger partial charge >= 0.3 is 0 Å². The third-order valence-corrected chi connectivity index (χ3v) is 1.63. The summed E-state index contributed by atoms with van der Waals surface area (Å²) in [5.74, 6) is 1.45. The number of carbonyl (C=O) groups is 1. The predicted molar refractivity (Wildman–Crippen MR) is 50.6 cm³/mol. The minimum Gasteiger partial charge on any atom is -0.290 e. The van der Waals surface area contributed by atoms with Gasteiger partial charge in [0.15, 0.2) is 5.78 Å². The average Bonchev–Trinajstić information content (AvgIpc) is 2.03. The van der Waals surface area contributed by atoms with Gasteiger partial charge in [0.1, 0.15) is 0 Å². The van der Waals surface area contributed by atoms with Gasteiger partial charge in [-0.05, 0) is 30.1 Å². The van der Waals surface area contributed by atoms with Crippen molar-refractivity contribution in [2.45, 2.75) is 20.3 Å². The summed E-state index contributed by atoms with van der Waals surface area (Å²) in [6.07, 6.45) is 10.00. The van der Waals surface area contributed by atoms with Crippen molar-refractivity contribution in [3.05, 3.63) is 41.9 Å². The first-order valence-corrected chi connectivity index (χ1v) is 4.08. The second-order valence-corrected chi connectivity index (χ2v) is 3.18. The first-order valence-electron chi connectivity index (χ1n) is 4.08. The molecule has 0 aromatic heterocycles. The van der Waals surface area contributed by atoms with E-state index in [0.29, 0.717) is 0 Å². The summed E-state index contributed by atoms with van der Waals surface area (Å²) in [4.78, 5) is 10.7. The van der Waals surface area contributed by atoms with E-state index in [4.69, 9.17) is 0 Å². The highest BCUT2D eigenvalue weighted by Crippen LogP contribution is 2.11. The van der Waals surface area contributed by atoms with Crippen LogP contribution in [0.2, 0.25) is 0 Å². The molecule has 1 heteroatoms. The van der Waals surface area contributed by atoms with Crippen LogP contribution in [0.4, 0.5) is 0 Å². The van der Waals surface area contributed by atoms with Gasteiger partial charge in [-0.1, -0.05) is 32.1 Å². The first kappa shape index (κ1) is 8.98. The Morgan fingerprint density at radius 2 is 1.83 bits per heavy atom. The molecule has 0 amide bonds. The van der Waals surface area contributed by atoms with Crippen LogP contribution in [0.3, 0.4) is 0 Å². The van der Waals surface area contributed by atoms with Crippen molar-refractivity contribution in [3.8, 4) is 0 Å². The maximum Gasteiger partial charge on any atom is 0.178 e. The molecular formula is C11H13O. The molecular weight excluding hydrogens is 148 g/mol. The van der Waals surface area contributed by atoms with Crippen molar-refractivity contribution in [3.63, 3.8) is 0 Å². The van der Waals surface area contributed by atoms with Crippen molar-refractivity contribution in [1.82, 2.24) is 0 Å². The predicted octanol–water partition coefficient (Wildman–Crippen LogP) is 2.61. The smallest absolute Gasteiger partial charge is 0.178 e. The largest absolute Gasteiger partial charge is 0.290 e. The molecule has 0 saturated carbocycles. The number of hydrogen-bond acceptors (Lipinski definition) is 1. The molecule has 0 aliphatic heterocycles. The van der Waals surface area contributed by atoms with E-state index >= 15 is 0 Å². The van der Waals surface area contributed by atoms with Crippen LogP contribution in [-0.2, 0) is 4.79 Å². The van der Waals surface area contributed by atoms with E-state index in [1.165, 1.54) is 5.92 Å². The molecule has 1 radical (unpaired) electrons. The second kappa shape index (κ2) is 4.05. The molecule has 0 fully saturated rings. The van der Waals surface area contributed by atoms with Gasteiger partial charge in [0.05, 0.1) is 0 Å². The fraction of sp³-hybridized carbons (Fsp3) is 0.273. The van der Waals surface area contributed by atoms with Gasteiger partial charge < -0.3 is 0 Å². The van der Waals surface area contributed by atoms with Gasteiger partial charge in [0, 0.05) is 0 Å². The minimum absolute atomic E-state index is 0.0735. The maximum absolute atomic E-state index is 10.7. The third kappa shape index (κ3) is 2.87. The zero-order valence-electron chi connectivity index (χ0n) is 7.50. The second-order valence-electron chi connectivity index (χ2n) is 3.18. The molecule has 0 N–H and O–H groups in total. The van der Waals surface area contributed by atoms with E-state index in [1.54, 1.807) is 12.2 Å². The highest BCUT2D eigenvalue weighted by Gasteiger charge is 1.98. The normalized spacial score (nSPS) is 15.9. The molecule has 0 heterocycles. The van der Waals surface area contributed by atoms with E-state index in [-0.39, 0.29) is 5.78 Å². The molecule has 0 saturated heterocycles. The van der Waals surface area contributed by atoms with Crippen molar-refractivity contribution in [2.75, 3.05) is 0 Å². The van der Waals surface area contributed by atoms with E-state index in [1.807, 2.05) is 12.2 Å². The first-order chi connectivity index (χ1) is 5.68. The summed E-state index contributed by atoms with van der Waals surface area (Å²) in [5.41, 5.74) is 1.12. The minimum atomic E-state index is 0.0735. The Balaban J connectivity index is 2.55. The van der Waals surface area contributed by atoms with Crippen molar-refractivity contribution >= 4 is 5.78 Å². The quantitative estimate of drug-likeness (QED) is 0.608. The number of rotatable bonds is 2. The SMILES string of the molecule is C[C](C)CC=C1C=CC(=O)C=C1. The number of hydrogen-bond donors (Lipinski definition) is 0. The summed E-state index contributed by atoms with van der Waals surface area (Å²) in [7, 11) is 0. The van der Waals surface area contributed by atoms with Gasteiger partial charge in [-0.3, -0.25) is 4.79 Å². The molecule has 0 atom stereocenters. The van der Waals surface area contributed by atoms with E-state index in [9.17, 15) is 4.79 Å². The summed E-state index contributed by atoms with van der Waals surface area (Å²) in [6.45, 7) is 4.19. The lowest BCUT2D eigenvalue weighted by Crippen LogP contribution is -1.91. The molecule has 63 valence electrons. The Labute approximate surface area is 73.5 Å². The molecule has 0 unspecified atom stereocenters. The molecule has 0 spiro atoms. The van der Waals surface area contributed by atoms with E-state index in [2.05, 4.69) is 19.9 Å². The van der Waals surface area contributed by atoms with Crippen molar-refractivity contribution < 1.29 is 4.79 Å². The van der Waals surface area contributed by atoms with Gasteiger partial charge in [-0.15, -0.1) is 0 Å². The van der Waals surface area contributed by atoms with Crippen LogP contribution in [0.25, 0.3) is 0 Å². The van der Waals surface area contributed by atoms with Crippen LogP contribution in [-0.4, -0.2) is 5.78 Å². The highest BCUT2D eigenvalue weighted by atomic mass is 16.1. The van der Waals surface area contributed by atoms with Crippen LogP contribution >= 0.6 is 0 Å². The molecule has 1 aliphatic carbocycles. The zero-order valence-corrected chi connectivity index (χ0v) is 7.50. The van der Waals surface area contributed by atoms with E-state index < -0.39 is 0 Å². The van der Waals surface area contributed by atoms with Crippen LogP contribution in [0.1, 0.15) is 20.3 Å². The zero-order chi connectivity index (χ0) is 8.97. The fourth-order valence-electron chi connectivity index (χ4n) is 0.926. The van der Waals surface area contributed by atoms with Crippen molar-refractivity contribution in [1.29, 1.82) is 0 Å². The van der Waals surface area contributed by atoms with Crippen LogP contribution < -0.4 is 0 Å². The molecule has 0 bridgehead atoms. The fourth-order valence-corrected chi connectivity index (χ4v) is 0.926. The molecule has 1 nitrogen and oxygen atoms in total. The topological polar surface area (TPSA) is 17.1 Å². The standard InChI is InChI=1S/C11H13O/c1-9(2)3-4-10-5-7-11(12)8-6-10/h4-8H,3H2,1-2H3. The van der Waals surface area contributed by atoms with Crippen molar-refractivity contribution in [2.24, 2.45) is 0 Å². The maximum atomic E-state index is 10.7. The lowest BCUT2D eigenvalue weighted by Gasteiger charge is -2.01. The Hall–Kier alpha value is -1.11. The third-order valence-electron chi connectivity index (χ3n) is 1.63. The van der Waals surface area contributed by atoms with Crippen LogP contribution in [0.5, 0.6) is 0 Å². The molecule has 1 rings (SSSR count). The lowest BCUT2D eigenvalue weighted by atomic mass is 10.0. The van der Waals surface area contributed by atoms with Gasteiger partial charge in [0.2, 0.25) is 0 Å². The monoisotopic (exact) mass is 161 g/mol. The number of carbonyl (C=O) groups excluding carboxylic acids is 1. The highest BCUT2D eigenvalue weighted by molar-refractivity contribution is 6.01. The van der Waals surface area contributed by atoms with Crippen LogP contribution in [0.15, 0.2) is 36.0 Å². The average molecular weight is 161 g/mol. The summed E-state index contributed by atoms with van der Waals surface area (Å²) >= 11 is 0. The lowest BCUT2D eigenvalue weighted by molar-refractivity contribution is -0.110. The van der Waals surface area contributed by atoms with E-state index in [0.717, 1.165) is 12.0 Å². The Bertz CT molecular complexity index is 236. The van der Waals surface area contributed by atoms with Gasteiger partial charge in [-0.25, -0.2) is 0 Å². The summed E-state index contributed by atoms with van der Waals surface area (Å²) in [6, 6.07) is 0.